The van der Waals surface area contributed by atoms with E-state index >= 15 is 4.39 Å². The molecule has 0 unspecified atom stereocenters. The first-order valence-electron chi connectivity index (χ1n) is 10.8. The van der Waals surface area contributed by atoms with E-state index in [-0.39, 0.29) is 19.3 Å². The highest BCUT2D eigenvalue weighted by molar-refractivity contribution is 5.94. The van der Waals surface area contributed by atoms with Crippen molar-refractivity contribution in [2.24, 2.45) is 0 Å². The van der Waals surface area contributed by atoms with Gasteiger partial charge in [-0.05, 0) is 18.4 Å². The van der Waals surface area contributed by atoms with Crippen LogP contribution in [-0.4, -0.2) is 47.8 Å². The Morgan fingerprint density at radius 1 is 1.03 bits per heavy atom. The van der Waals surface area contributed by atoms with E-state index < -0.39 is 47.1 Å². The number of halogens is 3. The summed E-state index contributed by atoms with van der Waals surface area (Å²) in [5.41, 5.74) is 2.08. The molecule has 0 aliphatic heterocycles. The van der Waals surface area contributed by atoms with Crippen LogP contribution in [0.3, 0.4) is 0 Å². The van der Waals surface area contributed by atoms with Crippen molar-refractivity contribution in [3.8, 4) is 0 Å². The highest BCUT2D eigenvalue weighted by atomic mass is 19.2. The molecular weight excluding hydrogens is 425 g/mol. The van der Waals surface area contributed by atoms with Crippen LogP contribution in [-0.2, 0) is 20.8 Å². The van der Waals surface area contributed by atoms with E-state index in [0.29, 0.717) is 18.4 Å². The molecule has 32 heavy (non-hydrogen) atoms. The lowest BCUT2D eigenvalue weighted by Gasteiger charge is -2.29. The summed E-state index contributed by atoms with van der Waals surface area (Å²) in [6, 6.07) is 6.12. The number of rotatable bonds is 14. The molecule has 0 saturated carbocycles. The van der Waals surface area contributed by atoms with E-state index in [4.69, 9.17) is 0 Å². The van der Waals surface area contributed by atoms with Crippen LogP contribution in [0, 0.1) is 0 Å². The minimum absolute atomic E-state index is 0.0330. The van der Waals surface area contributed by atoms with Gasteiger partial charge in [0, 0.05) is 19.9 Å². The van der Waals surface area contributed by atoms with Gasteiger partial charge < -0.3 is 10.6 Å². The first-order valence-corrected chi connectivity index (χ1v) is 10.8. The molecule has 0 fully saturated rings. The molecule has 0 radical (unpaired) electrons. The number of benzene rings is 1. The fraction of sp³-hybridized carbons (Fsp3) is 0.591. The fourth-order valence-corrected chi connectivity index (χ4v) is 3.14. The molecule has 0 aliphatic rings. The molecule has 0 saturated heterocycles. The van der Waals surface area contributed by atoms with E-state index in [1.165, 1.54) is 5.54 Å². The zero-order valence-electron chi connectivity index (χ0n) is 18.8. The summed E-state index contributed by atoms with van der Waals surface area (Å²) < 4.78 is 42.0. The van der Waals surface area contributed by atoms with Crippen LogP contribution in [0.25, 0.3) is 0 Å². The molecule has 3 atom stereocenters. The van der Waals surface area contributed by atoms with Crippen molar-refractivity contribution in [2.45, 2.75) is 76.7 Å². The van der Waals surface area contributed by atoms with Crippen LogP contribution in [0.4, 0.5) is 13.4 Å². The molecule has 1 rings (SSSR count). The number of nitrogens with one attached hydrogen (secondary N) is 3. The summed E-state index contributed by atoms with van der Waals surface area (Å²) in [7, 11) is 0.739. The Bertz CT molecular complexity index is 736. The second kappa shape index (κ2) is 13.7. The topological polar surface area (TPSA) is 90.5 Å². The van der Waals surface area contributed by atoms with Crippen LogP contribution in [0.5, 0.6) is 0 Å². The molecular formula is C22H33F3N4O3. The molecule has 1 aromatic carbocycles. The minimum atomic E-state index is -2.98. The molecule has 3 amide bonds. The molecule has 0 spiro atoms. The van der Waals surface area contributed by atoms with Gasteiger partial charge in [-0.15, -0.1) is 10.0 Å². The van der Waals surface area contributed by atoms with Crippen molar-refractivity contribution >= 4 is 17.7 Å². The highest BCUT2D eigenvalue weighted by Crippen LogP contribution is 2.20. The van der Waals surface area contributed by atoms with Gasteiger partial charge in [0.2, 0.25) is 11.8 Å². The average molecular weight is 459 g/mol. The average Bonchev–Trinajstić information content (AvgIpc) is 2.77. The smallest absolute Gasteiger partial charge is 0.308 e. The maximum Gasteiger partial charge on any atom is 0.308 e. The number of hydrogen-bond donors (Lipinski definition) is 3. The van der Waals surface area contributed by atoms with Gasteiger partial charge in [0.1, 0.15) is 12.1 Å². The lowest BCUT2D eigenvalue weighted by molar-refractivity contribution is -0.162. The Hall–Kier alpha value is -2.62. The molecule has 10 heteroatoms. The summed E-state index contributed by atoms with van der Waals surface area (Å²) >= 11 is 0. The van der Waals surface area contributed by atoms with Crippen molar-refractivity contribution in [2.75, 3.05) is 7.05 Å². The Balaban J connectivity index is 3.11. The second-order valence-electron chi connectivity index (χ2n) is 7.73. The number of hydrogen-bond acceptors (Lipinski definition) is 4. The van der Waals surface area contributed by atoms with Crippen LogP contribution in [0.1, 0.15) is 57.9 Å². The number of carbonyl (C=O) groups excluding carboxylic acids is 3. The number of amides is 3. The van der Waals surface area contributed by atoms with Gasteiger partial charge in [-0.25, -0.2) is 4.39 Å². The Morgan fingerprint density at radius 2 is 1.66 bits per heavy atom. The third-order valence-corrected chi connectivity index (χ3v) is 5.03. The van der Waals surface area contributed by atoms with Gasteiger partial charge in [-0.2, -0.15) is 5.12 Å². The van der Waals surface area contributed by atoms with Crippen molar-refractivity contribution in [1.82, 2.24) is 21.3 Å². The van der Waals surface area contributed by atoms with Gasteiger partial charge >= 0.3 is 5.91 Å². The number of likely N-dealkylation sites (N-methyl/N-ethyl adjacent to an activating group) is 1. The molecule has 0 aromatic heterocycles. The van der Waals surface area contributed by atoms with E-state index in [0.717, 1.165) is 13.5 Å². The fourth-order valence-electron chi connectivity index (χ4n) is 3.14. The second-order valence-corrected chi connectivity index (χ2v) is 7.73. The third kappa shape index (κ3) is 8.49. The van der Waals surface area contributed by atoms with Gasteiger partial charge in [0.25, 0.3) is 5.79 Å². The SMILES string of the molecule is CCCC[C@H](NF)C(=O)N[C@@H](Cc1ccccc1)C(=O)N[C@@](F)(CCCC)C(=O)N(C)F. The number of nitrogens with zero attached hydrogens (tertiary/aromatic N) is 1. The zero-order valence-corrected chi connectivity index (χ0v) is 18.8. The summed E-state index contributed by atoms with van der Waals surface area (Å²) in [4.78, 5) is 37.6. The first-order chi connectivity index (χ1) is 15.2. The van der Waals surface area contributed by atoms with Crippen LogP contribution < -0.4 is 16.2 Å². The zero-order chi connectivity index (χ0) is 24.1. The summed E-state index contributed by atoms with van der Waals surface area (Å²) in [5, 5.41) is 3.98. The minimum Gasteiger partial charge on any atom is -0.343 e. The standard InChI is InChI=1S/C22H33F3N4O3/c1-4-6-13-17(28-24)19(30)26-18(15-16-11-9-8-10-12-16)20(31)27-22(23,14-7-5-2)21(32)29(3)25/h8-12,17-18,28H,4-7,13-15H2,1-3H3,(H,26,30)(H,27,31)/t17-,18-,22-/m0/s1. The third-order valence-electron chi connectivity index (χ3n) is 5.03. The maximum absolute atomic E-state index is 15.4. The molecule has 0 bridgehead atoms. The molecule has 0 aliphatic carbocycles. The number of carbonyl (C=O) groups is 3. The Kier molecular flexibility index (Phi) is 11.8. The van der Waals surface area contributed by atoms with Crippen molar-refractivity contribution in [1.29, 1.82) is 0 Å². The number of alkyl halides is 1. The van der Waals surface area contributed by atoms with E-state index in [1.54, 1.807) is 37.3 Å². The summed E-state index contributed by atoms with van der Waals surface area (Å²) in [6.07, 6.45) is 1.78. The molecule has 180 valence electrons. The number of unbranched alkanes of at least 4 members (excludes halogenated alkanes) is 2. The summed E-state index contributed by atoms with van der Waals surface area (Å²) in [6.45, 7) is 3.64. The largest absolute Gasteiger partial charge is 0.343 e. The lowest BCUT2D eigenvalue weighted by atomic mass is 10.0. The van der Waals surface area contributed by atoms with Crippen molar-refractivity contribution < 1.29 is 27.7 Å². The van der Waals surface area contributed by atoms with Gasteiger partial charge in [-0.3, -0.25) is 14.4 Å². The maximum atomic E-state index is 15.4. The first kappa shape index (κ1) is 27.4. The van der Waals surface area contributed by atoms with E-state index in [2.05, 4.69) is 5.32 Å². The van der Waals surface area contributed by atoms with Crippen molar-refractivity contribution in [3.63, 3.8) is 0 Å². The van der Waals surface area contributed by atoms with Gasteiger partial charge in [0.15, 0.2) is 0 Å². The predicted octanol–water partition coefficient (Wildman–Crippen LogP) is 3.06. The molecule has 7 nitrogen and oxygen atoms in total. The highest BCUT2D eigenvalue weighted by Gasteiger charge is 2.43. The predicted molar refractivity (Wildman–Crippen MR) is 115 cm³/mol. The van der Waals surface area contributed by atoms with Crippen LogP contribution in [0.15, 0.2) is 30.3 Å². The van der Waals surface area contributed by atoms with E-state index in [9.17, 15) is 23.3 Å². The molecule has 3 N–H and O–H groups in total. The lowest BCUT2D eigenvalue weighted by Crippen LogP contribution is -2.60. The summed E-state index contributed by atoms with van der Waals surface area (Å²) in [5.74, 6) is -6.31. The van der Waals surface area contributed by atoms with Crippen molar-refractivity contribution in [3.05, 3.63) is 35.9 Å². The van der Waals surface area contributed by atoms with Crippen LogP contribution >= 0.6 is 0 Å². The quantitative estimate of drug-likeness (QED) is 0.295. The van der Waals surface area contributed by atoms with Gasteiger partial charge in [0.05, 0.1) is 0 Å². The normalized spacial score (nSPS) is 14.7. The Morgan fingerprint density at radius 3 is 2.19 bits per heavy atom. The Labute approximate surface area is 187 Å². The van der Waals surface area contributed by atoms with Gasteiger partial charge in [-0.1, -0.05) is 67.9 Å². The van der Waals surface area contributed by atoms with E-state index in [1.807, 2.05) is 12.2 Å². The van der Waals surface area contributed by atoms with Crippen LogP contribution in [0.2, 0.25) is 0 Å². The monoisotopic (exact) mass is 458 g/mol. The molecule has 0 heterocycles. The molecule has 1 aromatic rings.